The third kappa shape index (κ3) is 4.87. The fourth-order valence-electron chi connectivity index (χ4n) is 2.52. The van der Waals surface area contributed by atoms with Crippen molar-refractivity contribution in [3.8, 4) is 5.69 Å². The highest BCUT2D eigenvalue weighted by atomic mass is 35.5. The molecule has 0 atom stereocenters. The molecule has 0 aliphatic carbocycles. The number of aromatic amines is 1. The second-order valence-electron chi connectivity index (χ2n) is 6.07. The Morgan fingerprint density at radius 3 is 2.23 bits per heavy atom. The van der Waals surface area contributed by atoms with Crippen LogP contribution in [0.1, 0.15) is 5.69 Å². The first-order valence-electron chi connectivity index (χ1n) is 8.03. The SMILES string of the molecule is Cc1[nH]n(-c2cccc(S(=O)(=O)[O-])c2)c(=O)c1N=Nc1cc(Cl)c(Cl)cc1S(=O)(=O)[O-]. The number of rotatable bonds is 5. The Labute approximate surface area is 185 Å². The highest BCUT2D eigenvalue weighted by molar-refractivity contribution is 7.86. The Kier molecular flexibility index (Phi) is 6.10. The minimum atomic E-state index is -4.98. The van der Waals surface area contributed by atoms with Crippen LogP contribution in [0.25, 0.3) is 5.69 Å². The predicted molar refractivity (Wildman–Crippen MR) is 108 cm³/mol. The molecule has 0 fully saturated rings. The number of nitrogens with zero attached hydrogens (tertiary/aromatic N) is 3. The zero-order valence-corrected chi connectivity index (χ0v) is 18.4. The smallest absolute Gasteiger partial charge is 0.299 e. The van der Waals surface area contributed by atoms with Crippen LogP contribution in [-0.4, -0.2) is 35.7 Å². The largest absolute Gasteiger partial charge is 0.744 e. The minimum absolute atomic E-state index is 0.0313. The number of aryl methyl sites for hydroxylation is 1. The monoisotopic (exact) mass is 504 g/mol. The van der Waals surface area contributed by atoms with E-state index in [1.165, 1.54) is 19.1 Å². The van der Waals surface area contributed by atoms with Gasteiger partial charge in [-0.1, -0.05) is 29.3 Å². The predicted octanol–water partition coefficient (Wildman–Crippen LogP) is 3.00. The third-order valence-electron chi connectivity index (χ3n) is 3.93. The van der Waals surface area contributed by atoms with Crippen molar-refractivity contribution in [2.45, 2.75) is 16.7 Å². The zero-order valence-electron chi connectivity index (χ0n) is 15.2. The number of halogens is 2. The molecule has 0 aliphatic rings. The summed E-state index contributed by atoms with van der Waals surface area (Å²) in [4.78, 5) is 11.4. The lowest BCUT2D eigenvalue weighted by Crippen LogP contribution is -2.14. The number of aromatic nitrogens is 2. The fraction of sp³-hybridized carbons (Fsp3) is 0.0625. The van der Waals surface area contributed by atoms with E-state index < -0.39 is 41.3 Å². The van der Waals surface area contributed by atoms with E-state index in [4.69, 9.17) is 23.2 Å². The lowest BCUT2D eigenvalue weighted by Gasteiger charge is -2.10. The van der Waals surface area contributed by atoms with Crippen LogP contribution in [0.2, 0.25) is 10.0 Å². The van der Waals surface area contributed by atoms with Gasteiger partial charge in [0.1, 0.15) is 25.9 Å². The van der Waals surface area contributed by atoms with Gasteiger partial charge in [0, 0.05) is 0 Å². The third-order valence-corrected chi connectivity index (χ3v) is 6.35. The van der Waals surface area contributed by atoms with Crippen LogP contribution >= 0.6 is 23.2 Å². The maximum Gasteiger partial charge on any atom is 0.299 e. The molecule has 0 radical (unpaired) electrons. The van der Waals surface area contributed by atoms with E-state index >= 15 is 0 Å². The number of nitrogens with one attached hydrogen (secondary N) is 1. The molecule has 0 amide bonds. The number of azo groups is 1. The van der Waals surface area contributed by atoms with Gasteiger partial charge in [0.05, 0.1) is 31.2 Å². The number of benzene rings is 2. The lowest BCUT2D eigenvalue weighted by atomic mass is 10.3. The average Bonchev–Trinajstić information content (AvgIpc) is 2.95. The van der Waals surface area contributed by atoms with Crippen molar-refractivity contribution in [3.05, 3.63) is 62.5 Å². The first-order chi connectivity index (χ1) is 14.3. The van der Waals surface area contributed by atoms with Crippen LogP contribution in [0, 0.1) is 6.92 Å². The Hall–Kier alpha value is -2.55. The summed E-state index contributed by atoms with van der Waals surface area (Å²) in [5.74, 6) is 0. The quantitative estimate of drug-likeness (QED) is 0.409. The van der Waals surface area contributed by atoms with Gasteiger partial charge in [0.25, 0.3) is 5.56 Å². The van der Waals surface area contributed by atoms with Crippen LogP contribution in [0.15, 0.2) is 61.2 Å². The summed E-state index contributed by atoms with van der Waals surface area (Å²) >= 11 is 11.6. The molecule has 164 valence electrons. The second-order valence-corrected chi connectivity index (χ2v) is 9.61. The van der Waals surface area contributed by atoms with Gasteiger partial charge in [-0.05, 0) is 37.3 Å². The number of hydrogen-bond donors (Lipinski definition) is 1. The van der Waals surface area contributed by atoms with E-state index in [0.29, 0.717) is 0 Å². The van der Waals surface area contributed by atoms with Crippen LogP contribution in [0.3, 0.4) is 0 Å². The van der Waals surface area contributed by atoms with E-state index in [9.17, 15) is 30.7 Å². The van der Waals surface area contributed by atoms with E-state index in [-0.39, 0.29) is 27.1 Å². The van der Waals surface area contributed by atoms with Gasteiger partial charge in [0.15, 0.2) is 5.69 Å². The zero-order chi connectivity index (χ0) is 23.1. The second kappa shape index (κ2) is 8.18. The van der Waals surface area contributed by atoms with E-state index in [0.717, 1.165) is 28.9 Å². The van der Waals surface area contributed by atoms with Gasteiger partial charge in [-0.2, -0.15) is 0 Å². The van der Waals surface area contributed by atoms with Crippen LogP contribution in [-0.2, 0) is 20.2 Å². The highest BCUT2D eigenvalue weighted by Gasteiger charge is 2.16. The molecule has 3 aromatic rings. The fourth-order valence-corrected chi connectivity index (χ4v) is 4.03. The molecule has 1 heterocycles. The summed E-state index contributed by atoms with van der Waals surface area (Å²) < 4.78 is 68.9. The molecule has 0 unspecified atom stereocenters. The molecule has 0 bridgehead atoms. The lowest BCUT2D eigenvalue weighted by molar-refractivity contribution is 0.461. The molecular weight excluding hydrogens is 495 g/mol. The molecule has 1 aromatic heterocycles. The molecule has 2 aromatic carbocycles. The van der Waals surface area contributed by atoms with Crippen molar-refractivity contribution in [1.82, 2.24) is 9.78 Å². The van der Waals surface area contributed by atoms with Crippen molar-refractivity contribution in [2.24, 2.45) is 10.2 Å². The van der Waals surface area contributed by atoms with Crippen molar-refractivity contribution >= 4 is 54.8 Å². The van der Waals surface area contributed by atoms with Gasteiger partial charge in [-0.15, -0.1) is 10.2 Å². The molecule has 0 saturated heterocycles. The standard InChI is InChI=1S/C16H12Cl2N4O7S2/c1-8-15(20-19-13-6-11(17)12(18)7-14(13)31(27,28)29)16(23)22(21-8)9-3-2-4-10(5-9)30(24,25)26/h2-7,21H,1H3,(H,24,25,26)(H,27,28,29)/p-2. The van der Waals surface area contributed by atoms with Crippen LogP contribution < -0.4 is 5.56 Å². The summed E-state index contributed by atoms with van der Waals surface area (Å²) in [7, 11) is -9.73. The topological polar surface area (TPSA) is 177 Å². The molecular formula is C16H10Cl2N4O7S2-2. The average molecular weight is 505 g/mol. The highest BCUT2D eigenvalue weighted by Crippen LogP contribution is 2.34. The summed E-state index contributed by atoms with van der Waals surface area (Å²) in [5, 5.41) is 9.72. The number of hydrogen-bond acceptors (Lipinski definition) is 9. The van der Waals surface area contributed by atoms with E-state index in [1.54, 1.807) is 0 Å². The summed E-state index contributed by atoms with van der Waals surface area (Å²) in [6.07, 6.45) is 0. The molecule has 3 rings (SSSR count). The Morgan fingerprint density at radius 1 is 0.968 bits per heavy atom. The molecule has 0 saturated carbocycles. The molecule has 31 heavy (non-hydrogen) atoms. The Morgan fingerprint density at radius 2 is 1.61 bits per heavy atom. The summed E-state index contributed by atoms with van der Waals surface area (Å²) in [6.45, 7) is 1.44. The van der Waals surface area contributed by atoms with E-state index in [1.807, 2.05) is 0 Å². The molecule has 1 N–H and O–H groups in total. The Bertz CT molecular complexity index is 1490. The van der Waals surface area contributed by atoms with E-state index in [2.05, 4.69) is 15.3 Å². The van der Waals surface area contributed by atoms with Gasteiger partial charge in [0.2, 0.25) is 0 Å². The molecule has 15 heteroatoms. The van der Waals surface area contributed by atoms with Crippen LogP contribution in [0.4, 0.5) is 11.4 Å². The molecule has 0 aliphatic heterocycles. The first kappa shape index (κ1) is 23.1. The summed E-state index contributed by atoms with van der Waals surface area (Å²) in [6, 6.07) is 6.52. The van der Waals surface area contributed by atoms with Gasteiger partial charge in [-0.3, -0.25) is 9.89 Å². The van der Waals surface area contributed by atoms with Gasteiger partial charge >= 0.3 is 0 Å². The normalized spacial score (nSPS) is 12.5. The van der Waals surface area contributed by atoms with Gasteiger partial charge in [-0.25, -0.2) is 21.5 Å². The van der Waals surface area contributed by atoms with Crippen molar-refractivity contribution in [3.63, 3.8) is 0 Å². The number of H-pyrrole nitrogens is 1. The van der Waals surface area contributed by atoms with Gasteiger partial charge < -0.3 is 9.11 Å². The Balaban J connectivity index is 2.11. The maximum atomic E-state index is 12.7. The first-order valence-corrected chi connectivity index (χ1v) is 11.6. The molecule has 0 spiro atoms. The van der Waals surface area contributed by atoms with Crippen LogP contribution in [0.5, 0.6) is 0 Å². The maximum absolute atomic E-state index is 12.7. The van der Waals surface area contributed by atoms with Crippen molar-refractivity contribution in [1.29, 1.82) is 0 Å². The minimum Gasteiger partial charge on any atom is -0.744 e. The summed E-state index contributed by atoms with van der Waals surface area (Å²) in [5.41, 5.74) is -1.28. The van der Waals surface area contributed by atoms with Crippen molar-refractivity contribution in [2.75, 3.05) is 0 Å². The van der Waals surface area contributed by atoms with Crippen molar-refractivity contribution < 1.29 is 25.9 Å². The molecule has 11 nitrogen and oxygen atoms in total.